The van der Waals surface area contributed by atoms with Gasteiger partial charge in [0.25, 0.3) is 10.0 Å². The number of alkyl halides is 3. The van der Waals surface area contributed by atoms with Crippen molar-refractivity contribution in [1.82, 2.24) is 9.88 Å². The van der Waals surface area contributed by atoms with Gasteiger partial charge in [-0.05, 0) is 50.8 Å². The summed E-state index contributed by atoms with van der Waals surface area (Å²) in [6, 6.07) is 6.24. The van der Waals surface area contributed by atoms with Crippen molar-refractivity contribution in [1.29, 1.82) is 0 Å². The molecule has 1 atom stereocenters. The molecular formula is C20H24F4N4O3S. The summed E-state index contributed by atoms with van der Waals surface area (Å²) in [5.41, 5.74) is -1.84. The lowest BCUT2D eigenvalue weighted by Gasteiger charge is -2.32. The molecule has 0 saturated carbocycles. The maximum Gasteiger partial charge on any atom is 0.418 e. The van der Waals surface area contributed by atoms with Gasteiger partial charge in [-0.2, -0.15) is 17.6 Å². The Bertz CT molecular complexity index is 1080. The third kappa shape index (κ3) is 5.30. The van der Waals surface area contributed by atoms with Gasteiger partial charge >= 0.3 is 6.18 Å². The third-order valence-electron chi connectivity index (χ3n) is 5.23. The number of aromatic nitrogens is 1. The fourth-order valence-corrected chi connectivity index (χ4v) is 4.86. The molecule has 1 aromatic carbocycles. The Kier molecular flexibility index (Phi) is 6.68. The molecule has 0 amide bonds. The van der Waals surface area contributed by atoms with E-state index in [4.69, 9.17) is 4.74 Å². The van der Waals surface area contributed by atoms with Crippen molar-refractivity contribution < 1.29 is 30.7 Å². The molecule has 2 aromatic rings. The number of anilines is 2. The zero-order chi connectivity index (χ0) is 23.7. The maximum absolute atomic E-state index is 13.9. The smallest absolute Gasteiger partial charge is 0.375 e. The zero-order valence-corrected chi connectivity index (χ0v) is 18.6. The van der Waals surface area contributed by atoms with Crippen LogP contribution in [0, 0.1) is 5.95 Å². The average Bonchev–Trinajstić information content (AvgIpc) is 3.10. The van der Waals surface area contributed by atoms with E-state index >= 15 is 0 Å². The van der Waals surface area contributed by atoms with Gasteiger partial charge in [-0.25, -0.2) is 13.4 Å². The molecule has 7 nitrogen and oxygen atoms in total. The van der Waals surface area contributed by atoms with Crippen molar-refractivity contribution in [2.45, 2.75) is 23.1 Å². The molecule has 0 spiro atoms. The number of sulfonamides is 1. The Morgan fingerprint density at radius 3 is 2.56 bits per heavy atom. The molecule has 0 radical (unpaired) electrons. The van der Waals surface area contributed by atoms with Crippen molar-refractivity contribution in [2.24, 2.45) is 0 Å². The minimum atomic E-state index is -4.79. The van der Waals surface area contributed by atoms with Crippen molar-refractivity contribution in [3.63, 3.8) is 0 Å². The summed E-state index contributed by atoms with van der Waals surface area (Å²) in [5.74, 6) is -1.26. The first kappa shape index (κ1) is 24.2. The fraction of sp³-hybridized carbons (Fsp3) is 0.450. The summed E-state index contributed by atoms with van der Waals surface area (Å²) in [7, 11) is 0.805. The Morgan fingerprint density at radius 2 is 1.97 bits per heavy atom. The van der Waals surface area contributed by atoms with Crippen LogP contribution >= 0.6 is 0 Å². The first-order chi connectivity index (χ1) is 14.8. The van der Waals surface area contributed by atoms with E-state index in [1.165, 1.54) is 19.2 Å². The molecule has 1 aliphatic heterocycles. The number of rotatable bonds is 7. The van der Waals surface area contributed by atoms with E-state index in [2.05, 4.69) is 4.98 Å². The highest BCUT2D eigenvalue weighted by molar-refractivity contribution is 7.92. The van der Waals surface area contributed by atoms with Gasteiger partial charge in [-0.3, -0.25) is 4.72 Å². The van der Waals surface area contributed by atoms with E-state index in [9.17, 15) is 26.0 Å². The van der Waals surface area contributed by atoms with E-state index in [0.717, 1.165) is 18.2 Å². The van der Waals surface area contributed by atoms with Crippen LogP contribution < -0.4 is 9.62 Å². The second kappa shape index (κ2) is 8.83. The van der Waals surface area contributed by atoms with Crippen LogP contribution in [0.3, 0.4) is 0 Å². The fourth-order valence-electron chi connectivity index (χ4n) is 3.83. The topological polar surface area (TPSA) is 74.8 Å². The molecule has 1 fully saturated rings. The highest BCUT2D eigenvalue weighted by Gasteiger charge is 2.42. The zero-order valence-electron chi connectivity index (χ0n) is 17.8. The number of hydrogen-bond acceptors (Lipinski definition) is 6. The van der Waals surface area contributed by atoms with Crippen LogP contribution in [-0.2, 0) is 20.9 Å². The van der Waals surface area contributed by atoms with Gasteiger partial charge in [0.15, 0.2) is 0 Å². The predicted octanol–water partition coefficient (Wildman–Crippen LogP) is 3.20. The minimum absolute atomic E-state index is 0.127. The molecule has 2 heterocycles. The molecule has 0 unspecified atom stereocenters. The SMILES string of the molecule is CO[C@@]1(CN(C)C)CCN(c2ccc(S(=O)(=O)Nc3cccc(F)n3)cc2C(F)(F)F)C1. The molecule has 0 aliphatic carbocycles. The molecule has 176 valence electrons. The van der Waals surface area contributed by atoms with Gasteiger partial charge in [0.2, 0.25) is 5.95 Å². The van der Waals surface area contributed by atoms with Crippen molar-refractivity contribution >= 4 is 21.5 Å². The summed E-state index contributed by atoms with van der Waals surface area (Å²) in [6.07, 6.45) is -4.27. The van der Waals surface area contributed by atoms with Gasteiger partial charge in [0.05, 0.1) is 16.1 Å². The normalized spacial score (nSPS) is 19.6. The van der Waals surface area contributed by atoms with Crippen molar-refractivity contribution in [3.05, 3.63) is 47.9 Å². The number of pyridine rings is 1. The largest absolute Gasteiger partial charge is 0.418 e. The average molecular weight is 476 g/mol. The third-order valence-corrected chi connectivity index (χ3v) is 6.58. The van der Waals surface area contributed by atoms with Crippen LogP contribution in [-0.4, -0.2) is 64.7 Å². The van der Waals surface area contributed by atoms with Crippen LogP contribution in [0.1, 0.15) is 12.0 Å². The monoisotopic (exact) mass is 476 g/mol. The maximum atomic E-state index is 13.9. The molecule has 1 N–H and O–H groups in total. The number of ether oxygens (including phenoxy) is 1. The minimum Gasteiger partial charge on any atom is -0.375 e. The second-order valence-electron chi connectivity index (χ2n) is 7.92. The van der Waals surface area contributed by atoms with Gasteiger partial charge in [0.1, 0.15) is 5.82 Å². The number of benzene rings is 1. The van der Waals surface area contributed by atoms with Crippen molar-refractivity contribution in [3.8, 4) is 0 Å². The number of halogens is 4. The van der Waals surface area contributed by atoms with E-state index in [-0.39, 0.29) is 18.1 Å². The highest BCUT2D eigenvalue weighted by Crippen LogP contribution is 2.41. The van der Waals surface area contributed by atoms with Gasteiger partial charge in [0, 0.05) is 32.4 Å². The van der Waals surface area contributed by atoms with Crippen LogP contribution in [0.25, 0.3) is 0 Å². The lowest BCUT2D eigenvalue weighted by molar-refractivity contribution is -0.137. The standard InChI is InChI=1S/C20H24F4N4O3S/c1-27(2)12-19(31-3)9-10-28(13-19)16-8-7-14(11-15(16)20(22,23)24)32(29,30)26-18-6-4-5-17(21)25-18/h4-8,11H,9-10,12-13H2,1-3H3,(H,25,26)/t19-/m1/s1. The lowest BCUT2D eigenvalue weighted by atomic mass is 10.0. The summed E-state index contributed by atoms with van der Waals surface area (Å²) < 4.78 is 87.8. The predicted molar refractivity (Wildman–Crippen MR) is 112 cm³/mol. The molecule has 1 aliphatic rings. The number of methoxy groups -OCH3 is 1. The second-order valence-corrected chi connectivity index (χ2v) is 9.61. The molecule has 32 heavy (non-hydrogen) atoms. The van der Waals surface area contributed by atoms with E-state index in [1.54, 1.807) is 4.90 Å². The summed E-state index contributed by atoms with van der Waals surface area (Å²) in [4.78, 5) is 6.22. The molecule has 1 aromatic heterocycles. The van der Waals surface area contributed by atoms with Crippen LogP contribution in [0.2, 0.25) is 0 Å². The lowest BCUT2D eigenvalue weighted by Crippen LogP contribution is -2.44. The highest BCUT2D eigenvalue weighted by atomic mass is 32.2. The van der Waals surface area contributed by atoms with Crippen LogP contribution in [0.4, 0.5) is 29.1 Å². The summed E-state index contributed by atoms with van der Waals surface area (Å²) >= 11 is 0. The number of nitrogens with one attached hydrogen (secondary N) is 1. The Labute approximate surface area is 184 Å². The van der Waals surface area contributed by atoms with E-state index < -0.39 is 38.2 Å². The number of nitrogens with zero attached hydrogens (tertiary/aromatic N) is 3. The molecular weight excluding hydrogens is 452 g/mol. The quantitative estimate of drug-likeness (QED) is 0.489. The summed E-state index contributed by atoms with van der Waals surface area (Å²) in [5, 5.41) is 0. The number of likely N-dealkylation sites (N-methyl/N-ethyl adjacent to an activating group) is 1. The molecule has 0 bridgehead atoms. The summed E-state index contributed by atoms with van der Waals surface area (Å²) in [6.45, 7) is 1.07. The first-order valence-corrected chi connectivity index (χ1v) is 11.1. The van der Waals surface area contributed by atoms with Crippen molar-refractivity contribution in [2.75, 3.05) is 50.5 Å². The molecule has 12 heteroatoms. The van der Waals surface area contributed by atoms with Crippen LogP contribution in [0.5, 0.6) is 0 Å². The van der Waals surface area contributed by atoms with E-state index in [0.29, 0.717) is 25.6 Å². The van der Waals surface area contributed by atoms with Gasteiger partial charge in [-0.15, -0.1) is 0 Å². The van der Waals surface area contributed by atoms with Crippen LogP contribution in [0.15, 0.2) is 41.3 Å². The Hall–Kier alpha value is -2.44. The molecule has 3 rings (SSSR count). The Morgan fingerprint density at radius 1 is 1.25 bits per heavy atom. The Balaban J connectivity index is 1.95. The number of hydrogen-bond donors (Lipinski definition) is 1. The van der Waals surface area contributed by atoms with E-state index in [1.807, 2.05) is 23.7 Å². The molecule has 1 saturated heterocycles. The van der Waals surface area contributed by atoms with Gasteiger partial charge < -0.3 is 14.5 Å². The first-order valence-electron chi connectivity index (χ1n) is 9.67. The van der Waals surface area contributed by atoms with Gasteiger partial charge in [-0.1, -0.05) is 6.07 Å².